The van der Waals surface area contributed by atoms with Crippen molar-refractivity contribution < 1.29 is 4.79 Å². The van der Waals surface area contributed by atoms with E-state index in [0.29, 0.717) is 16.8 Å². The number of amides is 1. The number of carbonyl (C=O) groups is 1. The fourth-order valence-electron chi connectivity index (χ4n) is 2.12. The molecule has 0 bridgehead atoms. The van der Waals surface area contributed by atoms with Crippen molar-refractivity contribution in [2.75, 3.05) is 17.4 Å². The van der Waals surface area contributed by atoms with E-state index in [4.69, 9.17) is 11.1 Å². The lowest BCUT2D eigenvalue weighted by atomic mass is 10.1. The van der Waals surface area contributed by atoms with Crippen molar-refractivity contribution in [2.45, 2.75) is 6.92 Å². The number of para-hydroxylation sites is 1. The number of anilines is 2. The summed E-state index contributed by atoms with van der Waals surface area (Å²) in [4.78, 5) is 14.0. The molecule has 1 amide bonds. The Hall–Kier alpha value is -2.84. The van der Waals surface area contributed by atoms with Crippen LogP contribution in [0, 0.1) is 18.3 Å². The summed E-state index contributed by atoms with van der Waals surface area (Å²) in [6, 6.07) is 14.3. The number of hydrazine groups is 1. The molecule has 2 aromatic carbocycles. The third-order valence-electron chi connectivity index (χ3n) is 3.32. The molecule has 0 atom stereocenters. The zero-order valence-corrected chi connectivity index (χ0v) is 11.9. The van der Waals surface area contributed by atoms with Crippen LogP contribution in [0.25, 0.3) is 0 Å². The Kier molecular flexibility index (Phi) is 4.21. The summed E-state index contributed by atoms with van der Waals surface area (Å²) in [5.41, 5.74) is 5.82. The molecule has 0 aromatic heterocycles. The molecule has 21 heavy (non-hydrogen) atoms. The standard InChI is InChI=1S/C16H16N4O/c1-11-9-12(7-8-14(11)19-18)16(21)20(2)15-6-4-3-5-13(15)10-17/h3-9,19H,18H2,1-2H3. The molecular formula is C16H16N4O. The van der Waals surface area contributed by atoms with Crippen molar-refractivity contribution >= 4 is 17.3 Å². The lowest BCUT2D eigenvalue weighted by Gasteiger charge is -2.19. The van der Waals surface area contributed by atoms with Gasteiger partial charge in [0.25, 0.3) is 5.91 Å². The first-order chi connectivity index (χ1) is 10.1. The zero-order chi connectivity index (χ0) is 15.4. The average Bonchev–Trinajstić information content (AvgIpc) is 2.53. The van der Waals surface area contributed by atoms with Crippen molar-refractivity contribution in [1.29, 1.82) is 5.26 Å². The number of rotatable bonds is 3. The molecule has 0 spiro atoms. The van der Waals surface area contributed by atoms with Crippen LogP contribution >= 0.6 is 0 Å². The summed E-state index contributed by atoms with van der Waals surface area (Å²) in [6.45, 7) is 1.87. The van der Waals surface area contributed by atoms with E-state index in [1.165, 1.54) is 4.90 Å². The lowest BCUT2D eigenvalue weighted by Crippen LogP contribution is -2.27. The van der Waals surface area contributed by atoms with Crippen molar-refractivity contribution in [3.63, 3.8) is 0 Å². The average molecular weight is 280 g/mol. The first-order valence-corrected chi connectivity index (χ1v) is 6.43. The van der Waals surface area contributed by atoms with E-state index in [0.717, 1.165) is 11.3 Å². The monoisotopic (exact) mass is 280 g/mol. The second-order valence-corrected chi connectivity index (χ2v) is 4.67. The molecule has 0 saturated heterocycles. The number of nitrogen functional groups attached to an aromatic ring is 1. The van der Waals surface area contributed by atoms with Gasteiger partial charge in [0.05, 0.1) is 16.9 Å². The molecule has 2 aromatic rings. The molecule has 5 heteroatoms. The van der Waals surface area contributed by atoms with Gasteiger partial charge in [-0.25, -0.2) is 0 Å². The van der Waals surface area contributed by atoms with E-state index in [2.05, 4.69) is 11.5 Å². The smallest absolute Gasteiger partial charge is 0.258 e. The fourth-order valence-corrected chi connectivity index (χ4v) is 2.12. The van der Waals surface area contributed by atoms with Crippen molar-refractivity contribution in [2.24, 2.45) is 5.84 Å². The molecule has 0 aliphatic rings. The van der Waals surface area contributed by atoms with Crippen molar-refractivity contribution in [3.05, 3.63) is 59.2 Å². The van der Waals surface area contributed by atoms with Gasteiger partial charge in [0.15, 0.2) is 0 Å². The minimum atomic E-state index is -0.177. The second kappa shape index (κ2) is 6.07. The predicted molar refractivity (Wildman–Crippen MR) is 82.9 cm³/mol. The Bertz CT molecular complexity index is 718. The van der Waals surface area contributed by atoms with Gasteiger partial charge in [-0.15, -0.1) is 0 Å². The first kappa shape index (κ1) is 14.6. The van der Waals surface area contributed by atoms with Crippen LogP contribution in [0.4, 0.5) is 11.4 Å². The molecule has 0 saturated carbocycles. The Morgan fingerprint density at radius 3 is 2.62 bits per heavy atom. The van der Waals surface area contributed by atoms with Crippen molar-refractivity contribution in [3.8, 4) is 6.07 Å². The van der Waals surface area contributed by atoms with Crippen LogP contribution in [-0.2, 0) is 0 Å². The third-order valence-corrected chi connectivity index (χ3v) is 3.32. The van der Waals surface area contributed by atoms with Gasteiger partial charge in [-0.1, -0.05) is 12.1 Å². The number of carbonyl (C=O) groups excluding carboxylic acids is 1. The summed E-state index contributed by atoms with van der Waals surface area (Å²) < 4.78 is 0. The number of nitrogens with one attached hydrogen (secondary N) is 1. The van der Waals surface area contributed by atoms with E-state index in [1.54, 1.807) is 49.5 Å². The summed E-state index contributed by atoms with van der Waals surface area (Å²) in [7, 11) is 1.66. The van der Waals surface area contributed by atoms with Crippen LogP contribution in [0.2, 0.25) is 0 Å². The number of nitriles is 1. The summed E-state index contributed by atoms with van der Waals surface area (Å²) in [5.74, 6) is 5.21. The largest absolute Gasteiger partial charge is 0.324 e. The quantitative estimate of drug-likeness (QED) is 0.668. The molecule has 0 heterocycles. The van der Waals surface area contributed by atoms with E-state index < -0.39 is 0 Å². The number of nitrogens with zero attached hydrogens (tertiary/aromatic N) is 2. The van der Waals surface area contributed by atoms with Gasteiger partial charge < -0.3 is 10.3 Å². The highest BCUT2D eigenvalue weighted by atomic mass is 16.2. The number of benzene rings is 2. The molecule has 0 fully saturated rings. The maximum Gasteiger partial charge on any atom is 0.258 e. The maximum atomic E-state index is 12.5. The van der Waals surface area contributed by atoms with Crippen LogP contribution in [0.1, 0.15) is 21.5 Å². The number of aryl methyl sites for hydroxylation is 1. The molecular weight excluding hydrogens is 264 g/mol. The SMILES string of the molecule is Cc1cc(C(=O)N(C)c2ccccc2C#N)ccc1NN. The van der Waals surface area contributed by atoms with Crippen LogP contribution < -0.4 is 16.2 Å². The van der Waals surface area contributed by atoms with Gasteiger partial charge in [0.1, 0.15) is 6.07 Å². The Morgan fingerprint density at radius 2 is 2.00 bits per heavy atom. The van der Waals surface area contributed by atoms with E-state index in [1.807, 2.05) is 6.92 Å². The van der Waals surface area contributed by atoms with Crippen LogP contribution in [0.5, 0.6) is 0 Å². The number of hydrogen-bond acceptors (Lipinski definition) is 4. The predicted octanol–water partition coefficient (Wildman–Crippen LogP) is 2.43. The third kappa shape index (κ3) is 2.86. The van der Waals surface area contributed by atoms with Crippen LogP contribution in [0.15, 0.2) is 42.5 Å². The zero-order valence-electron chi connectivity index (χ0n) is 11.9. The maximum absolute atomic E-state index is 12.5. The van der Waals surface area contributed by atoms with Crippen molar-refractivity contribution in [1.82, 2.24) is 0 Å². The van der Waals surface area contributed by atoms with Gasteiger partial charge in [-0.05, 0) is 42.8 Å². The van der Waals surface area contributed by atoms with Crippen LogP contribution in [0.3, 0.4) is 0 Å². The molecule has 0 aliphatic carbocycles. The minimum Gasteiger partial charge on any atom is -0.324 e. The Balaban J connectivity index is 2.36. The van der Waals surface area contributed by atoms with Gasteiger partial charge in [-0.2, -0.15) is 5.26 Å². The molecule has 106 valence electrons. The normalized spacial score (nSPS) is 9.81. The van der Waals surface area contributed by atoms with E-state index in [9.17, 15) is 4.79 Å². The molecule has 2 rings (SSSR count). The Labute approximate surface area is 123 Å². The molecule has 0 unspecified atom stereocenters. The highest BCUT2D eigenvalue weighted by Gasteiger charge is 2.16. The summed E-state index contributed by atoms with van der Waals surface area (Å²) >= 11 is 0. The highest BCUT2D eigenvalue weighted by Crippen LogP contribution is 2.22. The van der Waals surface area contributed by atoms with Gasteiger partial charge in [0.2, 0.25) is 0 Å². The van der Waals surface area contributed by atoms with E-state index >= 15 is 0 Å². The highest BCUT2D eigenvalue weighted by molar-refractivity contribution is 6.06. The minimum absolute atomic E-state index is 0.177. The molecule has 0 aliphatic heterocycles. The Morgan fingerprint density at radius 1 is 1.29 bits per heavy atom. The van der Waals surface area contributed by atoms with E-state index in [-0.39, 0.29) is 5.91 Å². The topological polar surface area (TPSA) is 82.2 Å². The van der Waals surface area contributed by atoms with Gasteiger partial charge in [-0.3, -0.25) is 10.6 Å². The number of hydrogen-bond donors (Lipinski definition) is 2. The lowest BCUT2D eigenvalue weighted by molar-refractivity contribution is 0.0993. The van der Waals surface area contributed by atoms with Gasteiger partial charge >= 0.3 is 0 Å². The fraction of sp³-hybridized carbons (Fsp3) is 0.125. The van der Waals surface area contributed by atoms with Crippen LogP contribution in [-0.4, -0.2) is 13.0 Å². The second-order valence-electron chi connectivity index (χ2n) is 4.67. The summed E-state index contributed by atoms with van der Waals surface area (Å²) in [5, 5.41) is 9.12. The first-order valence-electron chi connectivity index (χ1n) is 6.43. The van der Waals surface area contributed by atoms with Gasteiger partial charge in [0, 0.05) is 12.6 Å². The molecule has 0 radical (unpaired) electrons. The molecule has 5 nitrogen and oxygen atoms in total. The molecule has 3 N–H and O–H groups in total. The number of nitrogens with two attached hydrogens (primary N) is 1. The summed E-state index contributed by atoms with van der Waals surface area (Å²) in [6.07, 6.45) is 0.